The highest BCUT2D eigenvalue weighted by Crippen LogP contribution is 2.58. The van der Waals surface area contributed by atoms with Crippen molar-refractivity contribution in [3.05, 3.63) is 77.4 Å². The van der Waals surface area contributed by atoms with Crippen molar-refractivity contribution in [2.24, 2.45) is 11.7 Å². The van der Waals surface area contributed by atoms with Crippen molar-refractivity contribution in [1.29, 1.82) is 0 Å². The van der Waals surface area contributed by atoms with Gasteiger partial charge in [-0.25, -0.2) is 0 Å². The van der Waals surface area contributed by atoms with E-state index in [4.69, 9.17) is 15.2 Å². The van der Waals surface area contributed by atoms with Gasteiger partial charge in [-0.1, -0.05) is 48.5 Å². The molecule has 0 spiro atoms. The fourth-order valence-electron chi connectivity index (χ4n) is 5.61. The fourth-order valence-corrected chi connectivity index (χ4v) is 5.61. The van der Waals surface area contributed by atoms with Gasteiger partial charge in [0.25, 0.3) is 0 Å². The molecule has 1 fully saturated rings. The molecule has 5 rings (SSSR count). The minimum Gasteiger partial charge on any atom is -0.489 e. The van der Waals surface area contributed by atoms with Gasteiger partial charge < -0.3 is 30.7 Å². The summed E-state index contributed by atoms with van der Waals surface area (Å²) in [6.07, 6.45) is -0.528. The third-order valence-electron chi connectivity index (χ3n) is 7.64. The van der Waals surface area contributed by atoms with E-state index in [1.165, 1.54) is 16.3 Å². The van der Waals surface area contributed by atoms with Gasteiger partial charge in [0.15, 0.2) is 0 Å². The number of nitrogens with one attached hydrogen (secondary N) is 1. The molecule has 2 aliphatic rings. The molecule has 1 saturated carbocycles. The van der Waals surface area contributed by atoms with Crippen LogP contribution in [-0.2, 0) is 16.0 Å². The number of carbonyl (C=O) groups is 1. The first-order chi connectivity index (χ1) is 17.7. The Morgan fingerprint density at radius 2 is 1.89 bits per heavy atom. The molecule has 0 saturated heterocycles. The first-order valence-corrected chi connectivity index (χ1v) is 13.0. The number of carboxylic acids is 1. The maximum absolute atomic E-state index is 11.4. The summed E-state index contributed by atoms with van der Waals surface area (Å²) in [5, 5.41) is 26.2. The average molecular weight is 505 g/mol. The topological polar surface area (TPSA) is 114 Å². The van der Waals surface area contributed by atoms with Crippen LogP contribution in [0.4, 0.5) is 0 Å². The van der Waals surface area contributed by atoms with Gasteiger partial charge in [-0.05, 0) is 61.2 Å². The van der Waals surface area contributed by atoms with Gasteiger partial charge in [-0.15, -0.1) is 0 Å². The smallest absolute Gasteiger partial charge is 0.311 e. The zero-order valence-electron chi connectivity index (χ0n) is 21.6. The van der Waals surface area contributed by atoms with Crippen molar-refractivity contribution < 1.29 is 24.5 Å². The first-order valence-electron chi connectivity index (χ1n) is 13.0. The van der Waals surface area contributed by atoms with E-state index in [2.05, 4.69) is 49.5 Å². The molecule has 37 heavy (non-hydrogen) atoms. The largest absolute Gasteiger partial charge is 0.489 e. The Kier molecular flexibility index (Phi) is 6.98. The molecule has 0 aromatic heterocycles. The number of carboxylic acid groups (broad SMARTS) is 1. The van der Waals surface area contributed by atoms with Crippen LogP contribution in [0, 0.1) is 5.92 Å². The van der Waals surface area contributed by atoms with E-state index in [0.717, 1.165) is 23.3 Å². The molecule has 196 valence electrons. The van der Waals surface area contributed by atoms with Crippen LogP contribution >= 0.6 is 0 Å². The lowest BCUT2D eigenvalue weighted by atomic mass is 9.92. The van der Waals surface area contributed by atoms with E-state index in [1.807, 2.05) is 37.3 Å². The lowest BCUT2D eigenvalue weighted by molar-refractivity contribution is -0.139. The minimum atomic E-state index is -0.817. The molecule has 0 bridgehead atoms. The Bertz CT molecular complexity index is 1290. The van der Waals surface area contributed by atoms with Gasteiger partial charge >= 0.3 is 5.97 Å². The van der Waals surface area contributed by atoms with Crippen LogP contribution in [0.15, 0.2) is 60.7 Å². The maximum Gasteiger partial charge on any atom is 0.311 e. The number of fused-ring (bicyclic) bond motifs is 4. The predicted octanol–water partition coefficient (Wildman–Crippen LogP) is 3.78. The predicted molar refractivity (Wildman–Crippen MR) is 143 cm³/mol. The third-order valence-corrected chi connectivity index (χ3v) is 7.64. The van der Waals surface area contributed by atoms with Gasteiger partial charge in [0.05, 0.1) is 18.8 Å². The molecule has 3 aromatic carbocycles. The Balaban J connectivity index is 1.17. The highest BCUT2D eigenvalue weighted by molar-refractivity contribution is 5.83. The molecular weight excluding hydrogens is 468 g/mol. The summed E-state index contributed by atoms with van der Waals surface area (Å²) in [5.74, 6) is -0.608. The zero-order chi connectivity index (χ0) is 26.3. The van der Waals surface area contributed by atoms with E-state index in [9.17, 15) is 15.0 Å². The Labute approximate surface area is 217 Å². The Hall–Kier alpha value is -2.97. The zero-order valence-corrected chi connectivity index (χ0v) is 21.6. The van der Waals surface area contributed by atoms with Crippen molar-refractivity contribution in [3.63, 3.8) is 0 Å². The van der Waals surface area contributed by atoms with E-state index in [1.54, 1.807) is 0 Å². The number of nitrogens with two attached hydrogens (primary N) is 1. The molecule has 1 aliphatic carbocycles. The van der Waals surface area contributed by atoms with E-state index < -0.39 is 18.0 Å². The van der Waals surface area contributed by atoms with Crippen LogP contribution in [-0.4, -0.2) is 53.1 Å². The molecule has 6 atom stereocenters. The minimum absolute atomic E-state index is 0.0825. The van der Waals surface area contributed by atoms with Gasteiger partial charge in [0, 0.05) is 29.6 Å². The molecule has 0 amide bonds. The second-order valence-electron chi connectivity index (χ2n) is 11.0. The molecule has 5 N–H and O–H groups in total. The first kappa shape index (κ1) is 25.7. The number of benzene rings is 3. The molecule has 0 radical (unpaired) electrons. The molecular formula is C30H36N2O5. The molecule has 1 heterocycles. The number of hydrogen-bond donors (Lipinski definition) is 4. The van der Waals surface area contributed by atoms with Crippen molar-refractivity contribution in [3.8, 4) is 5.75 Å². The number of ether oxygens (including phenoxy) is 2. The fraction of sp³-hybridized carbons (Fsp3) is 0.433. The van der Waals surface area contributed by atoms with Crippen LogP contribution < -0.4 is 15.8 Å². The monoisotopic (exact) mass is 504 g/mol. The molecule has 6 unspecified atom stereocenters. The summed E-state index contributed by atoms with van der Waals surface area (Å²) < 4.78 is 11.8. The van der Waals surface area contributed by atoms with Crippen LogP contribution in [0.2, 0.25) is 0 Å². The van der Waals surface area contributed by atoms with E-state index in [-0.39, 0.29) is 42.9 Å². The number of rotatable bonds is 11. The normalized spacial score (nSPS) is 22.6. The third kappa shape index (κ3) is 5.36. The van der Waals surface area contributed by atoms with Crippen LogP contribution in [0.5, 0.6) is 5.75 Å². The number of aliphatic hydroxyl groups is 1. The van der Waals surface area contributed by atoms with Gasteiger partial charge in [0.2, 0.25) is 0 Å². The lowest BCUT2D eigenvalue weighted by Crippen LogP contribution is -2.56. The summed E-state index contributed by atoms with van der Waals surface area (Å²) in [6.45, 7) is 6.56. The van der Waals surface area contributed by atoms with Crippen LogP contribution in [0.1, 0.15) is 49.5 Å². The van der Waals surface area contributed by atoms with Crippen molar-refractivity contribution >= 4 is 16.7 Å². The average Bonchev–Trinajstić information content (AvgIpc) is 3.48. The molecule has 7 nitrogen and oxygen atoms in total. The quantitative estimate of drug-likeness (QED) is 0.314. The molecule has 3 aromatic rings. The Morgan fingerprint density at radius 3 is 2.62 bits per heavy atom. The number of aliphatic hydroxyl groups excluding tert-OH is 1. The SMILES string of the molecule is CC(OCC(O)C(CN)NC(C)(C)Cc1ccc2ccccc2c1)c1ccc2c(c1)C1C(O2)C1C(=O)O. The number of hydrogen-bond acceptors (Lipinski definition) is 6. The van der Waals surface area contributed by atoms with Crippen LogP contribution in [0.25, 0.3) is 10.8 Å². The van der Waals surface area contributed by atoms with Gasteiger partial charge in [-0.3, -0.25) is 4.79 Å². The maximum atomic E-state index is 11.4. The van der Waals surface area contributed by atoms with E-state index in [0.29, 0.717) is 0 Å². The standard InChI is InChI=1S/C30H36N2O5/c1-17(20-10-11-25-22(13-20)26-27(29(34)35)28(26)37-25)36-16-24(33)23(15-31)32-30(2,3)14-18-8-9-19-6-4-5-7-21(19)12-18/h4-13,17,23-24,26-28,32-33H,14-16,31H2,1-3H3,(H,34,35). The van der Waals surface area contributed by atoms with Gasteiger partial charge in [-0.2, -0.15) is 0 Å². The highest BCUT2D eigenvalue weighted by Gasteiger charge is 2.63. The summed E-state index contributed by atoms with van der Waals surface area (Å²) >= 11 is 0. The summed E-state index contributed by atoms with van der Waals surface area (Å²) in [6, 6.07) is 20.3. The summed E-state index contributed by atoms with van der Waals surface area (Å²) in [5.41, 5.74) is 8.84. The second-order valence-corrected chi connectivity index (χ2v) is 11.0. The second kappa shape index (κ2) is 10.1. The lowest BCUT2D eigenvalue weighted by Gasteiger charge is -2.34. The van der Waals surface area contributed by atoms with Crippen molar-refractivity contribution in [1.82, 2.24) is 5.32 Å². The van der Waals surface area contributed by atoms with Crippen molar-refractivity contribution in [2.75, 3.05) is 13.2 Å². The summed E-state index contributed by atoms with van der Waals surface area (Å²) in [4.78, 5) is 11.4. The highest BCUT2D eigenvalue weighted by atomic mass is 16.5. The molecule has 7 heteroatoms. The number of aliphatic carboxylic acids is 1. The Morgan fingerprint density at radius 1 is 1.14 bits per heavy atom. The summed E-state index contributed by atoms with van der Waals surface area (Å²) in [7, 11) is 0. The van der Waals surface area contributed by atoms with Crippen molar-refractivity contribution in [2.45, 2.75) is 63.0 Å². The molecule has 1 aliphatic heterocycles. The van der Waals surface area contributed by atoms with Crippen LogP contribution in [0.3, 0.4) is 0 Å². The van der Waals surface area contributed by atoms with E-state index >= 15 is 0 Å². The van der Waals surface area contributed by atoms with Gasteiger partial charge in [0.1, 0.15) is 17.8 Å².